The fourth-order valence-electron chi connectivity index (χ4n) is 4.08. The van der Waals surface area contributed by atoms with Crippen molar-refractivity contribution in [2.75, 3.05) is 53.5 Å². The second kappa shape index (κ2) is 5.34. The highest BCUT2D eigenvalue weighted by atomic mass is 16.5. The van der Waals surface area contributed by atoms with E-state index in [1.165, 1.54) is 71.2 Å². The van der Waals surface area contributed by atoms with Gasteiger partial charge in [0.25, 0.3) is 0 Å². The maximum atomic E-state index is 5.40. The monoisotopic (exact) mass is 266 g/mol. The van der Waals surface area contributed by atoms with Crippen molar-refractivity contribution >= 4 is 0 Å². The molecule has 19 heavy (non-hydrogen) atoms. The van der Waals surface area contributed by atoms with E-state index < -0.39 is 0 Å². The topological polar surface area (TPSA) is 15.7 Å². The standard InChI is InChI=1S/C16H30N2O/c1-17-9-5-15(6-10-17)7-11-18(12-8-15)13-16(3-4-16)14-19-2/h3-14H2,1-2H3. The molecule has 2 saturated heterocycles. The van der Waals surface area contributed by atoms with E-state index >= 15 is 0 Å². The van der Waals surface area contributed by atoms with Gasteiger partial charge in [-0.2, -0.15) is 0 Å². The first-order chi connectivity index (χ1) is 9.15. The van der Waals surface area contributed by atoms with Gasteiger partial charge in [-0.3, -0.25) is 0 Å². The van der Waals surface area contributed by atoms with Crippen LogP contribution in [0.2, 0.25) is 0 Å². The first-order valence-corrected chi connectivity index (χ1v) is 8.05. The summed E-state index contributed by atoms with van der Waals surface area (Å²) in [7, 11) is 4.12. The molecule has 0 unspecified atom stereocenters. The summed E-state index contributed by atoms with van der Waals surface area (Å²) in [5, 5.41) is 0. The van der Waals surface area contributed by atoms with Crippen LogP contribution in [0.5, 0.6) is 0 Å². The van der Waals surface area contributed by atoms with Gasteiger partial charge in [-0.25, -0.2) is 0 Å². The Morgan fingerprint density at radius 1 is 0.895 bits per heavy atom. The van der Waals surface area contributed by atoms with Crippen LogP contribution in [-0.2, 0) is 4.74 Å². The molecular formula is C16H30N2O. The smallest absolute Gasteiger partial charge is 0.0530 e. The minimum atomic E-state index is 0.534. The van der Waals surface area contributed by atoms with Crippen LogP contribution < -0.4 is 0 Å². The minimum Gasteiger partial charge on any atom is -0.384 e. The molecule has 3 fully saturated rings. The lowest BCUT2D eigenvalue weighted by molar-refractivity contribution is 0.0264. The number of likely N-dealkylation sites (tertiary alicyclic amines) is 2. The maximum absolute atomic E-state index is 5.40. The molecule has 1 saturated carbocycles. The first kappa shape index (κ1) is 13.8. The van der Waals surface area contributed by atoms with Gasteiger partial charge in [0.1, 0.15) is 0 Å². The normalized spacial score (nSPS) is 30.6. The van der Waals surface area contributed by atoms with E-state index in [0.29, 0.717) is 10.8 Å². The van der Waals surface area contributed by atoms with Crippen LogP contribution in [0, 0.1) is 10.8 Å². The third kappa shape index (κ3) is 3.14. The second-order valence-corrected chi connectivity index (χ2v) is 7.51. The molecule has 110 valence electrons. The highest BCUT2D eigenvalue weighted by molar-refractivity contribution is 4.97. The molecule has 0 aromatic carbocycles. The fraction of sp³-hybridized carbons (Fsp3) is 1.00. The molecule has 0 atom stereocenters. The number of methoxy groups -OCH3 is 1. The SMILES string of the molecule is COCC1(CN2CCC3(CCN(C)CC3)CC2)CC1. The Balaban J connectivity index is 1.47. The van der Waals surface area contributed by atoms with E-state index in [0.717, 1.165) is 6.61 Å². The zero-order valence-electron chi connectivity index (χ0n) is 12.8. The summed E-state index contributed by atoms with van der Waals surface area (Å²) in [5.41, 5.74) is 1.23. The predicted octanol–water partition coefficient (Wildman–Crippen LogP) is 2.22. The molecule has 2 heterocycles. The Hall–Kier alpha value is -0.120. The van der Waals surface area contributed by atoms with Crippen LogP contribution in [0.3, 0.4) is 0 Å². The number of rotatable bonds is 4. The van der Waals surface area contributed by atoms with Crippen LogP contribution in [0.1, 0.15) is 38.5 Å². The molecule has 2 aliphatic heterocycles. The molecule has 0 radical (unpaired) electrons. The van der Waals surface area contributed by atoms with Crippen LogP contribution in [0.15, 0.2) is 0 Å². The Kier molecular flexibility index (Phi) is 3.89. The third-order valence-electron chi connectivity index (χ3n) is 5.93. The molecule has 3 aliphatic rings. The Labute approximate surface area is 118 Å². The lowest BCUT2D eigenvalue weighted by Crippen LogP contribution is -2.47. The van der Waals surface area contributed by atoms with Gasteiger partial charge >= 0.3 is 0 Å². The Morgan fingerprint density at radius 2 is 1.47 bits per heavy atom. The molecule has 0 amide bonds. The first-order valence-electron chi connectivity index (χ1n) is 8.05. The van der Waals surface area contributed by atoms with E-state index in [9.17, 15) is 0 Å². The highest BCUT2D eigenvalue weighted by Gasteiger charge is 2.45. The number of nitrogens with zero attached hydrogens (tertiary/aromatic N) is 2. The van der Waals surface area contributed by atoms with Gasteiger partial charge in [0.15, 0.2) is 0 Å². The van der Waals surface area contributed by atoms with Crippen LogP contribution in [0.4, 0.5) is 0 Å². The van der Waals surface area contributed by atoms with Crippen LogP contribution >= 0.6 is 0 Å². The van der Waals surface area contributed by atoms with Gasteiger partial charge in [0.05, 0.1) is 6.61 Å². The molecule has 0 aromatic rings. The van der Waals surface area contributed by atoms with Crippen molar-refractivity contribution in [1.29, 1.82) is 0 Å². The Morgan fingerprint density at radius 3 is 2.00 bits per heavy atom. The molecule has 1 spiro atoms. The van der Waals surface area contributed by atoms with Crippen LogP contribution in [-0.4, -0.2) is 63.3 Å². The van der Waals surface area contributed by atoms with E-state index in [1.807, 2.05) is 7.11 Å². The van der Waals surface area contributed by atoms with Crippen molar-refractivity contribution in [3.05, 3.63) is 0 Å². The van der Waals surface area contributed by atoms with Gasteiger partial charge in [0, 0.05) is 19.1 Å². The van der Waals surface area contributed by atoms with E-state index in [-0.39, 0.29) is 0 Å². The average Bonchev–Trinajstić information content (AvgIpc) is 3.16. The summed E-state index contributed by atoms with van der Waals surface area (Å²) in [6.45, 7) is 7.54. The molecule has 0 N–H and O–H groups in total. The van der Waals surface area contributed by atoms with Crippen molar-refractivity contribution in [2.24, 2.45) is 10.8 Å². The van der Waals surface area contributed by atoms with E-state index in [4.69, 9.17) is 4.74 Å². The molecule has 3 nitrogen and oxygen atoms in total. The van der Waals surface area contributed by atoms with Crippen molar-refractivity contribution in [3.63, 3.8) is 0 Å². The molecule has 0 bridgehead atoms. The summed E-state index contributed by atoms with van der Waals surface area (Å²) < 4.78 is 5.40. The Bertz CT molecular complexity index is 296. The lowest BCUT2D eigenvalue weighted by Gasteiger charge is -2.46. The van der Waals surface area contributed by atoms with E-state index in [2.05, 4.69) is 16.8 Å². The second-order valence-electron chi connectivity index (χ2n) is 7.51. The van der Waals surface area contributed by atoms with Gasteiger partial charge in [-0.05, 0) is 77.2 Å². The van der Waals surface area contributed by atoms with Gasteiger partial charge in [-0.1, -0.05) is 0 Å². The fourth-order valence-corrected chi connectivity index (χ4v) is 4.08. The molecular weight excluding hydrogens is 236 g/mol. The molecule has 1 aliphatic carbocycles. The van der Waals surface area contributed by atoms with Gasteiger partial charge in [-0.15, -0.1) is 0 Å². The quantitative estimate of drug-likeness (QED) is 0.776. The summed E-state index contributed by atoms with van der Waals surface area (Å²) in [6.07, 6.45) is 8.50. The van der Waals surface area contributed by atoms with Gasteiger partial charge < -0.3 is 14.5 Å². The van der Waals surface area contributed by atoms with Crippen molar-refractivity contribution < 1.29 is 4.74 Å². The largest absolute Gasteiger partial charge is 0.384 e. The summed E-state index contributed by atoms with van der Waals surface area (Å²) in [6, 6.07) is 0. The number of piperidine rings is 2. The number of hydrogen-bond acceptors (Lipinski definition) is 3. The summed E-state index contributed by atoms with van der Waals surface area (Å²) in [5.74, 6) is 0. The summed E-state index contributed by atoms with van der Waals surface area (Å²) >= 11 is 0. The van der Waals surface area contributed by atoms with Crippen molar-refractivity contribution in [3.8, 4) is 0 Å². The summed E-state index contributed by atoms with van der Waals surface area (Å²) in [4.78, 5) is 5.21. The van der Waals surface area contributed by atoms with Crippen molar-refractivity contribution in [2.45, 2.75) is 38.5 Å². The minimum absolute atomic E-state index is 0.534. The number of hydrogen-bond donors (Lipinski definition) is 0. The maximum Gasteiger partial charge on any atom is 0.0530 e. The van der Waals surface area contributed by atoms with Crippen molar-refractivity contribution in [1.82, 2.24) is 9.80 Å². The predicted molar refractivity (Wildman–Crippen MR) is 78.4 cm³/mol. The van der Waals surface area contributed by atoms with E-state index in [1.54, 1.807) is 0 Å². The molecule has 3 heteroatoms. The third-order valence-corrected chi connectivity index (χ3v) is 5.93. The zero-order valence-corrected chi connectivity index (χ0v) is 12.8. The van der Waals surface area contributed by atoms with Gasteiger partial charge in [0.2, 0.25) is 0 Å². The zero-order chi connectivity index (χ0) is 13.3. The average molecular weight is 266 g/mol. The highest BCUT2D eigenvalue weighted by Crippen LogP contribution is 2.48. The molecule has 3 rings (SSSR count). The molecule has 0 aromatic heterocycles. The van der Waals surface area contributed by atoms with Crippen LogP contribution in [0.25, 0.3) is 0 Å². The number of ether oxygens (including phenoxy) is 1. The lowest BCUT2D eigenvalue weighted by atomic mass is 9.71.